The van der Waals surface area contributed by atoms with Gasteiger partial charge in [-0.25, -0.2) is 8.42 Å². The molecule has 1 amide bonds. The first-order chi connectivity index (χ1) is 12.1. The summed E-state index contributed by atoms with van der Waals surface area (Å²) >= 11 is 0. The number of halogens is 4. The van der Waals surface area contributed by atoms with Gasteiger partial charge >= 0.3 is 6.18 Å². The van der Waals surface area contributed by atoms with Crippen LogP contribution in [0.4, 0.5) is 13.2 Å². The number of nitrogens with zero attached hydrogens (tertiary/aromatic N) is 1. The largest absolute Gasteiger partial charge is 0.417 e. The zero-order valence-electron chi connectivity index (χ0n) is 14.9. The van der Waals surface area contributed by atoms with Crippen LogP contribution in [0.5, 0.6) is 0 Å². The molecular formula is C16H23ClF3N3O3S. The van der Waals surface area contributed by atoms with Crippen LogP contribution in [-0.2, 0) is 21.0 Å². The SMILES string of the molecule is CNCC1CCCN1C(=O)C(C)NS(=O)(=O)c1ccccc1C(F)(F)F.Cl. The van der Waals surface area contributed by atoms with Crippen LogP contribution in [0.2, 0.25) is 0 Å². The van der Waals surface area contributed by atoms with Gasteiger partial charge in [-0.1, -0.05) is 12.1 Å². The van der Waals surface area contributed by atoms with Crippen molar-refractivity contribution < 1.29 is 26.4 Å². The van der Waals surface area contributed by atoms with Gasteiger partial charge in [-0.05, 0) is 38.9 Å². The second-order valence-corrected chi connectivity index (χ2v) is 7.90. The summed E-state index contributed by atoms with van der Waals surface area (Å²) in [5.41, 5.74) is -1.26. The zero-order valence-corrected chi connectivity index (χ0v) is 16.5. The van der Waals surface area contributed by atoms with Crippen molar-refractivity contribution in [1.82, 2.24) is 14.9 Å². The summed E-state index contributed by atoms with van der Waals surface area (Å²) in [6.45, 7) is 2.41. The molecule has 0 aliphatic carbocycles. The Balaban J connectivity index is 0.00000364. The highest BCUT2D eigenvalue weighted by molar-refractivity contribution is 7.89. The molecule has 1 aliphatic heterocycles. The number of hydrogen-bond donors (Lipinski definition) is 2. The number of hydrogen-bond acceptors (Lipinski definition) is 4. The lowest BCUT2D eigenvalue weighted by molar-refractivity contribution is -0.139. The molecule has 0 saturated carbocycles. The van der Waals surface area contributed by atoms with Gasteiger partial charge in [-0.2, -0.15) is 17.9 Å². The molecule has 0 spiro atoms. The predicted octanol–water partition coefficient (Wildman–Crippen LogP) is 2.00. The molecule has 2 unspecified atom stereocenters. The van der Waals surface area contributed by atoms with Crippen molar-refractivity contribution >= 4 is 28.3 Å². The van der Waals surface area contributed by atoms with Crippen molar-refractivity contribution in [3.63, 3.8) is 0 Å². The maximum Gasteiger partial charge on any atom is 0.417 e. The number of alkyl halides is 3. The Morgan fingerprint density at radius 3 is 2.56 bits per heavy atom. The van der Waals surface area contributed by atoms with Crippen LogP contribution in [0.25, 0.3) is 0 Å². The van der Waals surface area contributed by atoms with E-state index in [0.717, 1.165) is 25.0 Å². The number of carbonyl (C=O) groups excluding carboxylic acids is 1. The summed E-state index contributed by atoms with van der Waals surface area (Å²) in [6.07, 6.45) is -3.22. The number of carbonyl (C=O) groups is 1. The average molecular weight is 430 g/mol. The third kappa shape index (κ3) is 5.56. The van der Waals surface area contributed by atoms with Crippen LogP contribution in [0.1, 0.15) is 25.3 Å². The molecular weight excluding hydrogens is 407 g/mol. The van der Waals surface area contributed by atoms with E-state index in [0.29, 0.717) is 19.2 Å². The van der Waals surface area contributed by atoms with Gasteiger partial charge in [0, 0.05) is 19.1 Å². The summed E-state index contributed by atoms with van der Waals surface area (Å²) < 4.78 is 66.2. The minimum atomic E-state index is -4.81. The molecule has 1 fully saturated rings. The van der Waals surface area contributed by atoms with Crippen LogP contribution >= 0.6 is 12.4 Å². The van der Waals surface area contributed by atoms with E-state index >= 15 is 0 Å². The fourth-order valence-corrected chi connectivity index (χ4v) is 4.53. The van der Waals surface area contributed by atoms with Gasteiger partial charge in [0.15, 0.2) is 0 Å². The molecule has 0 aromatic heterocycles. The second-order valence-electron chi connectivity index (χ2n) is 6.22. The molecule has 1 saturated heterocycles. The highest BCUT2D eigenvalue weighted by Gasteiger charge is 2.38. The molecule has 6 nitrogen and oxygen atoms in total. The summed E-state index contributed by atoms with van der Waals surface area (Å²) in [6, 6.07) is 2.68. The van der Waals surface area contributed by atoms with Gasteiger partial charge in [-0.15, -0.1) is 12.4 Å². The highest BCUT2D eigenvalue weighted by atomic mass is 35.5. The molecule has 11 heteroatoms. The average Bonchev–Trinajstić information content (AvgIpc) is 3.01. The van der Waals surface area contributed by atoms with Crippen molar-refractivity contribution in [1.29, 1.82) is 0 Å². The first-order valence-corrected chi connectivity index (χ1v) is 9.70. The van der Waals surface area contributed by atoms with Crippen molar-refractivity contribution in [3.05, 3.63) is 29.8 Å². The number of amides is 1. The summed E-state index contributed by atoms with van der Waals surface area (Å²) in [7, 11) is -2.76. The first-order valence-electron chi connectivity index (χ1n) is 8.21. The fraction of sp³-hybridized carbons (Fsp3) is 0.562. The molecule has 1 aliphatic rings. The van der Waals surface area contributed by atoms with E-state index in [1.54, 1.807) is 11.9 Å². The number of benzene rings is 1. The monoisotopic (exact) mass is 429 g/mol. The molecule has 1 heterocycles. The first kappa shape index (κ1) is 23.7. The van der Waals surface area contributed by atoms with Crippen molar-refractivity contribution in [2.75, 3.05) is 20.1 Å². The fourth-order valence-electron chi connectivity index (χ4n) is 3.10. The minimum absolute atomic E-state index is 0. The number of likely N-dealkylation sites (N-methyl/N-ethyl adjacent to an activating group) is 1. The molecule has 27 heavy (non-hydrogen) atoms. The Morgan fingerprint density at radius 2 is 1.96 bits per heavy atom. The van der Waals surface area contributed by atoms with Crippen LogP contribution in [0.3, 0.4) is 0 Å². The van der Waals surface area contributed by atoms with Crippen LogP contribution in [-0.4, -0.2) is 51.4 Å². The van der Waals surface area contributed by atoms with E-state index in [1.165, 1.54) is 13.0 Å². The summed E-state index contributed by atoms with van der Waals surface area (Å²) in [5.74, 6) is -0.448. The van der Waals surface area contributed by atoms with Crippen LogP contribution in [0, 0.1) is 0 Å². The number of nitrogens with one attached hydrogen (secondary N) is 2. The lowest BCUT2D eigenvalue weighted by Crippen LogP contribution is -2.50. The molecule has 1 aromatic carbocycles. The van der Waals surface area contributed by atoms with Crippen molar-refractivity contribution in [2.24, 2.45) is 0 Å². The van der Waals surface area contributed by atoms with E-state index in [4.69, 9.17) is 0 Å². The summed E-state index contributed by atoms with van der Waals surface area (Å²) in [5, 5.41) is 2.97. The molecule has 154 valence electrons. The number of rotatable bonds is 6. The lowest BCUT2D eigenvalue weighted by atomic mass is 10.2. The Labute approximate surface area is 163 Å². The topological polar surface area (TPSA) is 78.5 Å². The van der Waals surface area contributed by atoms with Crippen LogP contribution in [0.15, 0.2) is 29.2 Å². The van der Waals surface area contributed by atoms with Crippen molar-refractivity contribution in [3.8, 4) is 0 Å². The number of likely N-dealkylation sites (tertiary alicyclic amines) is 1. The molecule has 0 bridgehead atoms. The second kappa shape index (κ2) is 9.22. The zero-order chi connectivity index (χ0) is 19.5. The highest BCUT2D eigenvalue weighted by Crippen LogP contribution is 2.34. The number of sulfonamides is 1. The van der Waals surface area contributed by atoms with E-state index in [9.17, 15) is 26.4 Å². The molecule has 2 rings (SSSR count). The van der Waals surface area contributed by atoms with Gasteiger partial charge < -0.3 is 10.2 Å². The Bertz CT molecular complexity index is 759. The molecule has 0 radical (unpaired) electrons. The predicted molar refractivity (Wildman–Crippen MR) is 97.1 cm³/mol. The smallest absolute Gasteiger partial charge is 0.337 e. The third-order valence-corrected chi connectivity index (χ3v) is 5.88. The Morgan fingerprint density at radius 1 is 1.33 bits per heavy atom. The lowest BCUT2D eigenvalue weighted by Gasteiger charge is -2.28. The van der Waals surface area contributed by atoms with Gasteiger partial charge in [0.25, 0.3) is 0 Å². The van der Waals surface area contributed by atoms with E-state index in [2.05, 4.69) is 10.0 Å². The molecule has 1 aromatic rings. The maximum atomic E-state index is 13.1. The van der Waals surface area contributed by atoms with Gasteiger partial charge in [0.05, 0.1) is 16.5 Å². The minimum Gasteiger partial charge on any atom is -0.337 e. The van der Waals surface area contributed by atoms with Crippen LogP contribution < -0.4 is 10.0 Å². The van der Waals surface area contributed by atoms with E-state index in [1.807, 2.05) is 0 Å². The van der Waals surface area contributed by atoms with E-state index < -0.39 is 38.6 Å². The normalized spacial score (nSPS) is 18.9. The third-order valence-electron chi connectivity index (χ3n) is 4.28. The maximum absolute atomic E-state index is 13.1. The Hall–Kier alpha value is -1.36. The van der Waals surface area contributed by atoms with Gasteiger partial charge in [0.1, 0.15) is 0 Å². The van der Waals surface area contributed by atoms with Crippen molar-refractivity contribution in [2.45, 2.75) is 42.9 Å². The molecule has 2 N–H and O–H groups in total. The molecule has 2 atom stereocenters. The van der Waals surface area contributed by atoms with Gasteiger partial charge in [0.2, 0.25) is 15.9 Å². The quantitative estimate of drug-likeness (QED) is 0.725. The van der Waals surface area contributed by atoms with Gasteiger partial charge in [-0.3, -0.25) is 4.79 Å². The van der Waals surface area contributed by atoms with E-state index in [-0.39, 0.29) is 18.4 Å². The summed E-state index contributed by atoms with van der Waals surface area (Å²) in [4.78, 5) is 13.3. The Kier molecular flexibility index (Phi) is 8.09. The standard InChI is InChI=1S/C16H22F3N3O3S.ClH/c1-11(15(23)22-9-5-6-12(22)10-20-2)21-26(24,25)14-8-4-3-7-13(14)16(17,18)19;/h3-4,7-8,11-12,20-21H,5-6,9-10H2,1-2H3;1H.